The fraction of sp³-hybridized carbons (Fsp3) is 0.250. The molecule has 1 aromatic carbocycles. The first kappa shape index (κ1) is 12.4. The minimum absolute atomic E-state index is 0.00903. The van der Waals surface area contributed by atoms with Crippen LogP contribution in [0.5, 0.6) is 0 Å². The van der Waals surface area contributed by atoms with E-state index in [1.807, 2.05) is 31.2 Å². The molecule has 17 heavy (non-hydrogen) atoms. The summed E-state index contributed by atoms with van der Waals surface area (Å²) in [6, 6.07) is 7.64. The van der Waals surface area contributed by atoms with E-state index >= 15 is 0 Å². The lowest BCUT2D eigenvalue weighted by atomic mass is 10.1. The molecule has 0 saturated carbocycles. The second-order valence-corrected chi connectivity index (χ2v) is 4.68. The van der Waals surface area contributed by atoms with Crippen LogP contribution in [0.25, 0.3) is 0 Å². The number of benzene rings is 1. The number of nitrogens with zero attached hydrogens (tertiary/aromatic N) is 1. The molecule has 1 aliphatic heterocycles. The van der Waals surface area contributed by atoms with Crippen LogP contribution in [-0.2, 0) is 11.3 Å². The van der Waals surface area contributed by atoms with E-state index in [1.54, 1.807) is 0 Å². The minimum Gasteiger partial charge on any atom is -0.368 e. The number of amides is 1. The second kappa shape index (κ2) is 4.69. The number of aliphatic hydroxyl groups is 1. The van der Waals surface area contributed by atoms with Crippen LogP contribution in [0.2, 0.25) is 0 Å². The van der Waals surface area contributed by atoms with Gasteiger partial charge in [-0.1, -0.05) is 47.5 Å². The van der Waals surface area contributed by atoms with Gasteiger partial charge in [-0.25, -0.2) is 0 Å². The Kier molecular flexibility index (Phi) is 3.43. The Balaban J connectivity index is 2.23. The molecule has 0 fully saturated rings. The number of aliphatic hydroxyl groups excluding tert-OH is 1. The van der Waals surface area contributed by atoms with Gasteiger partial charge in [0.15, 0.2) is 6.23 Å². The number of carbonyl (C=O) groups excluding carboxylic acids is 1. The molecule has 3 nitrogen and oxygen atoms in total. The van der Waals surface area contributed by atoms with Crippen molar-refractivity contribution >= 4 is 29.1 Å². The van der Waals surface area contributed by atoms with Crippen molar-refractivity contribution in [2.75, 3.05) is 0 Å². The summed E-state index contributed by atoms with van der Waals surface area (Å²) >= 11 is 11.4. The molecule has 1 aliphatic rings. The summed E-state index contributed by atoms with van der Waals surface area (Å²) in [4.78, 5) is 13.0. The summed E-state index contributed by atoms with van der Waals surface area (Å²) in [6.45, 7) is 2.23. The van der Waals surface area contributed by atoms with Gasteiger partial charge in [-0.05, 0) is 18.1 Å². The molecule has 1 unspecified atom stereocenters. The first-order valence-corrected chi connectivity index (χ1v) is 5.86. The van der Waals surface area contributed by atoms with Gasteiger partial charge in [-0.15, -0.1) is 0 Å². The van der Waals surface area contributed by atoms with Crippen LogP contribution in [0.15, 0.2) is 34.3 Å². The third-order valence-electron chi connectivity index (χ3n) is 2.78. The van der Waals surface area contributed by atoms with Crippen LogP contribution < -0.4 is 0 Å². The standard InChI is InChI=1S/C12H11Cl2NO2/c1-7-4-2-3-5-8(7)6-15-11(16)9(13)10(14)12(15)17/h2-5,11,16H,6H2,1H3. The van der Waals surface area contributed by atoms with Crippen LogP contribution in [0.1, 0.15) is 11.1 Å². The molecule has 1 amide bonds. The third kappa shape index (κ3) is 2.18. The zero-order valence-corrected chi connectivity index (χ0v) is 10.7. The quantitative estimate of drug-likeness (QED) is 0.897. The lowest BCUT2D eigenvalue weighted by Gasteiger charge is -2.22. The first-order chi connectivity index (χ1) is 8.02. The van der Waals surface area contributed by atoms with Crippen molar-refractivity contribution in [2.45, 2.75) is 19.7 Å². The van der Waals surface area contributed by atoms with Gasteiger partial charge in [0.25, 0.3) is 5.91 Å². The van der Waals surface area contributed by atoms with E-state index in [0.717, 1.165) is 11.1 Å². The SMILES string of the molecule is Cc1ccccc1CN1C(=O)C(Cl)=C(Cl)C1O. The van der Waals surface area contributed by atoms with Crippen molar-refractivity contribution in [3.63, 3.8) is 0 Å². The van der Waals surface area contributed by atoms with Gasteiger partial charge in [0.2, 0.25) is 0 Å². The smallest absolute Gasteiger partial charge is 0.269 e. The zero-order chi connectivity index (χ0) is 12.6. The molecule has 0 spiro atoms. The van der Waals surface area contributed by atoms with Gasteiger partial charge in [-0.2, -0.15) is 0 Å². The maximum Gasteiger partial charge on any atom is 0.269 e. The van der Waals surface area contributed by atoms with E-state index in [9.17, 15) is 9.90 Å². The highest BCUT2D eigenvalue weighted by Gasteiger charge is 2.36. The molecule has 2 rings (SSSR count). The number of halogens is 2. The predicted molar refractivity (Wildman–Crippen MR) is 66.5 cm³/mol. The molecular weight excluding hydrogens is 261 g/mol. The van der Waals surface area contributed by atoms with E-state index in [-0.39, 0.29) is 10.1 Å². The Morgan fingerprint density at radius 3 is 2.53 bits per heavy atom. The van der Waals surface area contributed by atoms with E-state index in [0.29, 0.717) is 6.54 Å². The molecule has 0 aromatic heterocycles. The zero-order valence-electron chi connectivity index (χ0n) is 9.15. The van der Waals surface area contributed by atoms with Gasteiger partial charge < -0.3 is 10.0 Å². The van der Waals surface area contributed by atoms with E-state index in [1.165, 1.54) is 4.90 Å². The topological polar surface area (TPSA) is 40.5 Å². The first-order valence-electron chi connectivity index (χ1n) is 5.11. The predicted octanol–water partition coefficient (Wildman–Crippen LogP) is 2.34. The summed E-state index contributed by atoms with van der Waals surface area (Å²) in [5, 5.41) is 9.67. The number of rotatable bonds is 2. The van der Waals surface area contributed by atoms with Crippen LogP contribution in [0.3, 0.4) is 0 Å². The molecule has 5 heteroatoms. The maximum atomic E-state index is 11.7. The summed E-state index contributed by atoms with van der Waals surface area (Å²) in [6.07, 6.45) is -1.14. The minimum atomic E-state index is -1.14. The molecule has 0 saturated heterocycles. The van der Waals surface area contributed by atoms with Gasteiger partial charge >= 0.3 is 0 Å². The highest BCUT2D eigenvalue weighted by molar-refractivity contribution is 6.49. The lowest BCUT2D eigenvalue weighted by Crippen LogP contribution is -2.34. The fourth-order valence-electron chi connectivity index (χ4n) is 1.72. The Morgan fingerprint density at radius 1 is 1.35 bits per heavy atom. The number of carbonyl (C=O) groups is 1. The lowest BCUT2D eigenvalue weighted by molar-refractivity contribution is -0.132. The molecule has 1 N–H and O–H groups in total. The number of hydrogen-bond donors (Lipinski definition) is 1. The van der Waals surface area contributed by atoms with Gasteiger partial charge in [0.05, 0.1) is 5.03 Å². The molecule has 90 valence electrons. The average molecular weight is 272 g/mol. The fourth-order valence-corrected chi connectivity index (χ4v) is 2.12. The van der Waals surface area contributed by atoms with Crippen molar-refractivity contribution < 1.29 is 9.90 Å². The molecular formula is C12H11Cl2NO2. The van der Waals surface area contributed by atoms with Gasteiger partial charge in [0, 0.05) is 6.54 Å². The largest absolute Gasteiger partial charge is 0.368 e. The van der Waals surface area contributed by atoms with Crippen LogP contribution in [0.4, 0.5) is 0 Å². The molecule has 1 heterocycles. The Morgan fingerprint density at radius 2 is 2.00 bits per heavy atom. The third-order valence-corrected chi connectivity index (χ3v) is 3.63. The monoisotopic (exact) mass is 271 g/mol. The number of aryl methyl sites for hydroxylation is 1. The molecule has 0 aliphatic carbocycles. The highest BCUT2D eigenvalue weighted by atomic mass is 35.5. The number of hydrogen-bond acceptors (Lipinski definition) is 2. The van der Waals surface area contributed by atoms with Crippen LogP contribution in [-0.4, -0.2) is 22.1 Å². The molecule has 1 aromatic rings. The maximum absolute atomic E-state index is 11.7. The summed E-state index contributed by atoms with van der Waals surface area (Å²) < 4.78 is 0. The second-order valence-electron chi connectivity index (χ2n) is 3.90. The van der Waals surface area contributed by atoms with Crippen molar-refractivity contribution in [1.82, 2.24) is 4.90 Å². The Labute approximate surface area is 109 Å². The van der Waals surface area contributed by atoms with E-state index < -0.39 is 12.1 Å². The van der Waals surface area contributed by atoms with Crippen molar-refractivity contribution in [3.05, 3.63) is 45.5 Å². The highest BCUT2D eigenvalue weighted by Crippen LogP contribution is 2.31. The van der Waals surface area contributed by atoms with Gasteiger partial charge in [0.1, 0.15) is 5.03 Å². The van der Waals surface area contributed by atoms with Crippen molar-refractivity contribution in [2.24, 2.45) is 0 Å². The van der Waals surface area contributed by atoms with Crippen molar-refractivity contribution in [1.29, 1.82) is 0 Å². The van der Waals surface area contributed by atoms with Crippen molar-refractivity contribution in [3.8, 4) is 0 Å². The average Bonchev–Trinajstić information content (AvgIpc) is 2.50. The molecule has 1 atom stereocenters. The Hall–Kier alpha value is -1.03. The molecule has 0 bridgehead atoms. The summed E-state index contributed by atoms with van der Waals surface area (Å²) in [5.41, 5.74) is 2.00. The normalized spacial score (nSPS) is 20.4. The Bertz CT molecular complexity index is 499. The summed E-state index contributed by atoms with van der Waals surface area (Å²) in [5.74, 6) is -0.438. The van der Waals surface area contributed by atoms with E-state index in [4.69, 9.17) is 23.2 Å². The van der Waals surface area contributed by atoms with E-state index in [2.05, 4.69) is 0 Å². The van der Waals surface area contributed by atoms with Crippen LogP contribution >= 0.6 is 23.2 Å². The van der Waals surface area contributed by atoms with Gasteiger partial charge in [-0.3, -0.25) is 4.79 Å². The summed E-state index contributed by atoms with van der Waals surface area (Å²) in [7, 11) is 0. The van der Waals surface area contributed by atoms with Crippen LogP contribution in [0, 0.1) is 6.92 Å². The molecule has 0 radical (unpaired) electrons.